The quantitative estimate of drug-likeness (QED) is 0.800. The summed E-state index contributed by atoms with van der Waals surface area (Å²) < 4.78 is 12.7. The summed E-state index contributed by atoms with van der Waals surface area (Å²) in [6.45, 7) is 7.14. The first-order valence-corrected chi connectivity index (χ1v) is 6.13. The highest BCUT2D eigenvalue weighted by Gasteiger charge is 2.26. The SMILES string of the molecule is CCC(C)C(C)(O)CNCc1ccc(F)cc1. The van der Waals surface area contributed by atoms with E-state index in [9.17, 15) is 9.50 Å². The van der Waals surface area contributed by atoms with Crippen molar-refractivity contribution in [3.63, 3.8) is 0 Å². The van der Waals surface area contributed by atoms with Crippen molar-refractivity contribution in [3.8, 4) is 0 Å². The highest BCUT2D eigenvalue weighted by Crippen LogP contribution is 2.18. The number of rotatable bonds is 6. The zero-order chi connectivity index (χ0) is 12.9. The van der Waals surface area contributed by atoms with Gasteiger partial charge in [-0.25, -0.2) is 4.39 Å². The Morgan fingerprint density at radius 3 is 2.47 bits per heavy atom. The van der Waals surface area contributed by atoms with Crippen molar-refractivity contribution in [1.82, 2.24) is 5.32 Å². The molecule has 0 aliphatic rings. The van der Waals surface area contributed by atoms with E-state index < -0.39 is 5.60 Å². The molecule has 3 heteroatoms. The Morgan fingerprint density at radius 1 is 1.35 bits per heavy atom. The minimum absolute atomic E-state index is 0.222. The maximum atomic E-state index is 12.7. The van der Waals surface area contributed by atoms with Gasteiger partial charge in [0.1, 0.15) is 5.82 Å². The second kappa shape index (κ2) is 6.12. The van der Waals surface area contributed by atoms with E-state index in [-0.39, 0.29) is 11.7 Å². The van der Waals surface area contributed by atoms with E-state index in [0.717, 1.165) is 12.0 Å². The van der Waals surface area contributed by atoms with E-state index in [0.29, 0.717) is 13.1 Å². The standard InChI is InChI=1S/C14H22FNO/c1-4-11(2)14(3,17)10-16-9-12-5-7-13(15)8-6-12/h5-8,11,16-17H,4,9-10H2,1-3H3. The molecule has 2 N–H and O–H groups in total. The van der Waals surface area contributed by atoms with Gasteiger partial charge in [-0.1, -0.05) is 32.4 Å². The molecule has 0 fully saturated rings. The maximum Gasteiger partial charge on any atom is 0.123 e. The predicted octanol–water partition coefficient (Wildman–Crippen LogP) is 2.71. The monoisotopic (exact) mass is 239 g/mol. The Kier molecular flexibility index (Phi) is 5.09. The Labute approximate surface area is 103 Å². The molecule has 1 rings (SSSR count). The van der Waals surface area contributed by atoms with Crippen molar-refractivity contribution >= 4 is 0 Å². The van der Waals surface area contributed by atoms with E-state index in [4.69, 9.17) is 0 Å². The maximum absolute atomic E-state index is 12.7. The third-order valence-corrected chi connectivity index (χ3v) is 3.40. The van der Waals surface area contributed by atoms with Crippen molar-refractivity contribution in [2.75, 3.05) is 6.54 Å². The highest BCUT2D eigenvalue weighted by atomic mass is 19.1. The van der Waals surface area contributed by atoms with Crippen LogP contribution in [0.3, 0.4) is 0 Å². The van der Waals surface area contributed by atoms with Gasteiger partial charge in [0, 0.05) is 13.1 Å². The van der Waals surface area contributed by atoms with Crippen LogP contribution in [-0.4, -0.2) is 17.3 Å². The molecule has 0 radical (unpaired) electrons. The first-order valence-electron chi connectivity index (χ1n) is 6.13. The van der Waals surface area contributed by atoms with Gasteiger partial charge >= 0.3 is 0 Å². The van der Waals surface area contributed by atoms with Gasteiger partial charge in [-0.2, -0.15) is 0 Å². The fraction of sp³-hybridized carbons (Fsp3) is 0.571. The van der Waals surface area contributed by atoms with Gasteiger partial charge in [-0.15, -0.1) is 0 Å². The van der Waals surface area contributed by atoms with Gasteiger partial charge in [0.15, 0.2) is 0 Å². The molecule has 0 amide bonds. The molecule has 2 atom stereocenters. The number of aliphatic hydroxyl groups is 1. The van der Waals surface area contributed by atoms with Gasteiger partial charge < -0.3 is 10.4 Å². The molecule has 0 bridgehead atoms. The summed E-state index contributed by atoms with van der Waals surface area (Å²) >= 11 is 0. The number of benzene rings is 1. The van der Waals surface area contributed by atoms with Crippen LogP contribution in [0.25, 0.3) is 0 Å². The minimum atomic E-state index is -0.700. The molecule has 0 spiro atoms. The molecule has 17 heavy (non-hydrogen) atoms. The molecule has 2 unspecified atom stereocenters. The van der Waals surface area contributed by atoms with E-state index >= 15 is 0 Å². The first-order chi connectivity index (χ1) is 7.95. The lowest BCUT2D eigenvalue weighted by molar-refractivity contribution is 0.00535. The normalized spacial score (nSPS) is 16.5. The van der Waals surface area contributed by atoms with E-state index in [1.807, 2.05) is 13.8 Å². The fourth-order valence-corrected chi connectivity index (χ4v) is 1.68. The molecule has 0 saturated carbocycles. The Hall–Kier alpha value is -0.930. The molecule has 1 aromatic carbocycles. The van der Waals surface area contributed by atoms with Gasteiger partial charge in [0.2, 0.25) is 0 Å². The molecular weight excluding hydrogens is 217 g/mol. The summed E-state index contributed by atoms with van der Waals surface area (Å²) in [5, 5.41) is 13.4. The lowest BCUT2D eigenvalue weighted by atomic mass is 9.88. The van der Waals surface area contributed by atoms with Crippen LogP contribution < -0.4 is 5.32 Å². The summed E-state index contributed by atoms with van der Waals surface area (Å²) in [5.41, 5.74) is 0.320. The van der Waals surface area contributed by atoms with Crippen molar-refractivity contribution < 1.29 is 9.50 Å². The molecule has 0 aromatic heterocycles. The molecule has 0 saturated heterocycles. The number of hydrogen-bond donors (Lipinski definition) is 2. The number of halogens is 1. The van der Waals surface area contributed by atoms with Crippen LogP contribution in [0.2, 0.25) is 0 Å². The lowest BCUT2D eigenvalue weighted by Gasteiger charge is -2.30. The zero-order valence-electron chi connectivity index (χ0n) is 10.8. The van der Waals surface area contributed by atoms with Gasteiger partial charge in [-0.3, -0.25) is 0 Å². The summed E-state index contributed by atoms with van der Waals surface area (Å²) in [7, 11) is 0. The largest absolute Gasteiger partial charge is 0.389 e. The second-order valence-electron chi connectivity index (χ2n) is 4.90. The second-order valence-corrected chi connectivity index (χ2v) is 4.90. The smallest absolute Gasteiger partial charge is 0.123 e. The molecule has 2 nitrogen and oxygen atoms in total. The third kappa shape index (κ3) is 4.44. The molecule has 0 heterocycles. The van der Waals surface area contributed by atoms with Crippen LogP contribution in [-0.2, 0) is 6.54 Å². The Balaban J connectivity index is 2.39. The van der Waals surface area contributed by atoms with Crippen LogP contribution >= 0.6 is 0 Å². The van der Waals surface area contributed by atoms with Gasteiger partial charge in [-0.05, 0) is 30.5 Å². The van der Waals surface area contributed by atoms with Crippen molar-refractivity contribution in [2.45, 2.75) is 39.3 Å². The molecule has 96 valence electrons. The lowest BCUT2D eigenvalue weighted by Crippen LogP contribution is -2.42. The topological polar surface area (TPSA) is 32.3 Å². The molecule has 0 aliphatic carbocycles. The van der Waals surface area contributed by atoms with Gasteiger partial charge in [0.25, 0.3) is 0 Å². The highest BCUT2D eigenvalue weighted by molar-refractivity contribution is 5.15. The van der Waals surface area contributed by atoms with Crippen molar-refractivity contribution in [1.29, 1.82) is 0 Å². The van der Waals surface area contributed by atoms with Crippen molar-refractivity contribution in [2.24, 2.45) is 5.92 Å². The number of hydrogen-bond acceptors (Lipinski definition) is 2. The Bertz CT molecular complexity index is 335. The summed E-state index contributed by atoms with van der Waals surface area (Å²) in [6.07, 6.45) is 0.950. The van der Waals surface area contributed by atoms with E-state index in [1.165, 1.54) is 12.1 Å². The summed E-state index contributed by atoms with van der Waals surface area (Å²) in [4.78, 5) is 0. The van der Waals surface area contributed by atoms with Crippen LogP contribution in [0.15, 0.2) is 24.3 Å². The van der Waals surface area contributed by atoms with Crippen LogP contribution in [0.1, 0.15) is 32.8 Å². The van der Waals surface area contributed by atoms with Crippen molar-refractivity contribution in [3.05, 3.63) is 35.6 Å². The van der Waals surface area contributed by atoms with Crippen LogP contribution in [0.5, 0.6) is 0 Å². The number of nitrogens with one attached hydrogen (secondary N) is 1. The van der Waals surface area contributed by atoms with Crippen LogP contribution in [0.4, 0.5) is 4.39 Å². The molecule has 1 aromatic rings. The predicted molar refractivity (Wildman–Crippen MR) is 68.2 cm³/mol. The fourth-order valence-electron chi connectivity index (χ4n) is 1.68. The zero-order valence-corrected chi connectivity index (χ0v) is 10.8. The third-order valence-electron chi connectivity index (χ3n) is 3.40. The first kappa shape index (κ1) is 14.1. The molecular formula is C14H22FNO. The Morgan fingerprint density at radius 2 is 1.94 bits per heavy atom. The van der Waals surface area contributed by atoms with Gasteiger partial charge in [0.05, 0.1) is 5.60 Å². The van der Waals surface area contributed by atoms with E-state index in [2.05, 4.69) is 12.2 Å². The van der Waals surface area contributed by atoms with Crippen LogP contribution in [0, 0.1) is 11.7 Å². The summed E-state index contributed by atoms with van der Waals surface area (Å²) in [5.74, 6) is 0.0311. The minimum Gasteiger partial charge on any atom is -0.389 e. The average Bonchev–Trinajstić information content (AvgIpc) is 2.30. The summed E-state index contributed by atoms with van der Waals surface area (Å²) in [6, 6.07) is 6.40. The molecule has 0 aliphatic heterocycles. The van der Waals surface area contributed by atoms with E-state index in [1.54, 1.807) is 12.1 Å². The average molecular weight is 239 g/mol.